The van der Waals surface area contributed by atoms with Crippen LogP contribution in [0.25, 0.3) is 0 Å². The van der Waals surface area contributed by atoms with Crippen molar-refractivity contribution in [3.63, 3.8) is 0 Å². The van der Waals surface area contributed by atoms with Crippen molar-refractivity contribution in [3.8, 4) is 17.2 Å². The number of nitrogens with one attached hydrogen (secondary N) is 1. The molecule has 7 nitrogen and oxygen atoms in total. The Hall–Kier alpha value is -3.26. The van der Waals surface area contributed by atoms with Crippen molar-refractivity contribution in [2.45, 2.75) is 13.0 Å². The molecule has 0 aromatic heterocycles. The number of hydrogen-bond donors (Lipinski definition) is 1. The lowest BCUT2D eigenvalue weighted by atomic mass is 10.2. The largest absolute Gasteiger partial charge is 0.493 e. The predicted octanol–water partition coefficient (Wildman–Crippen LogP) is 5.79. The van der Waals surface area contributed by atoms with E-state index in [1.54, 1.807) is 61.5 Å². The molecule has 0 saturated carbocycles. The molecule has 0 aliphatic carbocycles. The summed E-state index contributed by atoms with van der Waals surface area (Å²) >= 11 is 17.8. The van der Waals surface area contributed by atoms with Crippen molar-refractivity contribution < 1.29 is 23.8 Å². The first-order valence-corrected chi connectivity index (χ1v) is 11.0. The molecule has 0 bridgehead atoms. The normalized spacial score (nSPS) is 11.7. The summed E-state index contributed by atoms with van der Waals surface area (Å²) in [7, 11) is 1.44. The Morgan fingerprint density at radius 2 is 1.59 bits per heavy atom. The second-order valence-corrected chi connectivity index (χ2v) is 8.16. The lowest BCUT2D eigenvalue weighted by molar-refractivity contribution is -0.127. The molecule has 1 atom stereocenters. The molecular formula is C24H19Cl3N2O5. The van der Waals surface area contributed by atoms with Crippen LogP contribution in [0, 0.1) is 0 Å². The summed E-state index contributed by atoms with van der Waals surface area (Å²) in [6.07, 6.45) is 0.549. The zero-order valence-corrected chi connectivity index (χ0v) is 20.3. The third kappa shape index (κ3) is 6.87. The van der Waals surface area contributed by atoms with Gasteiger partial charge in [-0.05, 0) is 73.2 Å². The van der Waals surface area contributed by atoms with E-state index in [1.165, 1.54) is 19.4 Å². The summed E-state index contributed by atoms with van der Waals surface area (Å²) in [5, 5.41) is 5.19. The van der Waals surface area contributed by atoms with E-state index in [4.69, 9.17) is 49.0 Å². The molecule has 1 amide bonds. The molecule has 0 fully saturated rings. The van der Waals surface area contributed by atoms with Crippen LogP contribution in [-0.2, 0) is 4.79 Å². The van der Waals surface area contributed by atoms with Crippen molar-refractivity contribution in [2.24, 2.45) is 5.10 Å². The number of hydrazone groups is 1. The smallest absolute Gasteiger partial charge is 0.343 e. The summed E-state index contributed by atoms with van der Waals surface area (Å²) in [6, 6.07) is 15.8. The standard InChI is InChI=1S/C24H19Cl3N2O5/c1-14(33-20-10-8-18(26)12-19(20)27)23(30)29-28-13-15-3-9-21(22(11-15)32-2)34-24(31)16-4-6-17(25)7-5-16/h3-14H,1-2H3,(H,29,30). The molecule has 1 N–H and O–H groups in total. The van der Waals surface area contributed by atoms with Gasteiger partial charge in [-0.2, -0.15) is 5.10 Å². The van der Waals surface area contributed by atoms with Gasteiger partial charge in [0.25, 0.3) is 5.91 Å². The summed E-state index contributed by atoms with van der Waals surface area (Å²) < 4.78 is 16.3. The highest BCUT2D eigenvalue weighted by Crippen LogP contribution is 2.29. The molecule has 0 spiro atoms. The van der Waals surface area contributed by atoms with Gasteiger partial charge >= 0.3 is 5.97 Å². The number of carbonyl (C=O) groups excluding carboxylic acids is 2. The molecule has 10 heteroatoms. The lowest BCUT2D eigenvalue weighted by Crippen LogP contribution is -2.33. The van der Waals surface area contributed by atoms with Crippen LogP contribution in [0.2, 0.25) is 15.1 Å². The maximum absolute atomic E-state index is 12.3. The van der Waals surface area contributed by atoms with Gasteiger partial charge in [0, 0.05) is 10.0 Å². The van der Waals surface area contributed by atoms with Crippen molar-refractivity contribution in [1.82, 2.24) is 5.43 Å². The van der Waals surface area contributed by atoms with E-state index >= 15 is 0 Å². The zero-order chi connectivity index (χ0) is 24.7. The zero-order valence-electron chi connectivity index (χ0n) is 18.1. The van der Waals surface area contributed by atoms with E-state index in [0.29, 0.717) is 37.7 Å². The maximum atomic E-state index is 12.3. The van der Waals surface area contributed by atoms with Crippen LogP contribution in [-0.4, -0.2) is 31.3 Å². The summed E-state index contributed by atoms with van der Waals surface area (Å²) in [5.74, 6) is -0.176. The number of benzene rings is 3. The van der Waals surface area contributed by atoms with Crippen molar-refractivity contribution in [2.75, 3.05) is 7.11 Å². The number of methoxy groups -OCH3 is 1. The van der Waals surface area contributed by atoms with Gasteiger partial charge in [0.15, 0.2) is 17.6 Å². The minimum absolute atomic E-state index is 0.227. The fraction of sp³-hybridized carbons (Fsp3) is 0.125. The topological polar surface area (TPSA) is 86.2 Å². The van der Waals surface area contributed by atoms with Gasteiger partial charge in [0.2, 0.25) is 0 Å². The van der Waals surface area contributed by atoms with Crippen molar-refractivity contribution in [3.05, 3.63) is 86.9 Å². The Labute approximate surface area is 211 Å². The SMILES string of the molecule is COc1cc(C=NNC(=O)C(C)Oc2ccc(Cl)cc2Cl)ccc1OC(=O)c1ccc(Cl)cc1. The second-order valence-electron chi connectivity index (χ2n) is 6.88. The average Bonchev–Trinajstić information content (AvgIpc) is 2.81. The van der Waals surface area contributed by atoms with E-state index in [9.17, 15) is 9.59 Å². The molecule has 3 rings (SSSR count). The Kier molecular flexibility index (Phi) is 8.76. The summed E-state index contributed by atoms with van der Waals surface area (Å²) in [5.41, 5.74) is 3.33. The quantitative estimate of drug-likeness (QED) is 0.175. The van der Waals surface area contributed by atoms with Crippen molar-refractivity contribution >= 4 is 52.9 Å². The van der Waals surface area contributed by atoms with Crippen LogP contribution in [0.3, 0.4) is 0 Å². The highest BCUT2D eigenvalue weighted by molar-refractivity contribution is 6.35. The van der Waals surface area contributed by atoms with Gasteiger partial charge in [0.05, 0.1) is 23.9 Å². The number of carbonyl (C=O) groups is 2. The minimum atomic E-state index is -0.861. The highest BCUT2D eigenvalue weighted by Gasteiger charge is 2.16. The molecule has 34 heavy (non-hydrogen) atoms. The minimum Gasteiger partial charge on any atom is -0.493 e. The first kappa shape index (κ1) is 25.4. The molecule has 0 aliphatic heterocycles. The highest BCUT2D eigenvalue weighted by atomic mass is 35.5. The molecule has 0 radical (unpaired) electrons. The van der Waals surface area contributed by atoms with Crippen LogP contribution >= 0.6 is 34.8 Å². The monoisotopic (exact) mass is 520 g/mol. The van der Waals surface area contributed by atoms with E-state index in [1.807, 2.05) is 0 Å². The first-order valence-electron chi connectivity index (χ1n) is 9.87. The van der Waals surface area contributed by atoms with Gasteiger partial charge in [0.1, 0.15) is 5.75 Å². The van der Waals surface area contributed by atoms with E-state index in [-0.39, 0.29) is 5.75 Å². The Balaban J connectivity index is 1.60. The molecule has 3 aromatic carbocycles. The molecule has 0 aliphatic rings. The maximum Gasteiger partial charge on any atom is 0.343 e. The second kappa shape index (κ2) is 11.7. The van der Waals surface area contributed by atoms with Crippen molar-refractivity contribution in [1.29, 1.82) is 0 Å². The van der Waals surface area contributed by atoms with Crippen LogP contribution in [0.1, 0.15) is 22.8 Å². The Morgan fingerprint density at radius 1 is 0.912 bits per heavy atom. The van der Waals surface area contributed by atoms with E-state index in [0.717, 1.165) is 0 Å². The number of esters is 1. The van der Waals surface area contributed by atoms with E-state index < -0.39 is 18.0 Å². The lowest BCUT2D eigenvalue weighted by Gasteiger charge is -2.14. The van der Waals surface area contributed by atoms with Gasteiger partial charge < -0.3 is 14.2 Å². The number of amides is 1. The fourth-order valence-electron chi connectivity index (χ4n) is 2.67. The number of halogens is 3. The van der Waals surface area contributed by atoms with Crippen LogP contribution < -0.4 is 19.6 Å². The van der Waals surface area contributed by atoms with E-state index in [2.05, 4.69) is 10.5 Å². The molecule has 0 saturated heterocycles. The third-order valence-electron chi connectivity index (χ3n) is 4.43. The van der Waals surface area contributed by atoms with Crippen LogP contribution in [0.15, 0.2) is 65.8 Å². The molecule has 176 valence electrons. The number of hydrogen-bond acceptors (Lipinski definition) is 6. The Bertz CT molecular complexity index is 1220. The number of rotatable bonds is 8. The number of nitrogens with zero attached hydrogens (tertiary/aromatic N) is 1. The van der Waals surface area contributed by atoms with Crippen LogP contribution in [0.5, 0.6) is 17.2 Å². The molecule has 0 heterocycles. The van der Waals surface area contributed by atoms with Gasteiger partial charge in [-0.15, -0.1) is 0 Å². The van der Waals surface area contributed by atoms with Gasteiger partial charge in [-0.25, -0.2) is 10.2 Å². The van der Waals surface area contributed by atoms with Crippen LogP contribution in [0.4, 0.5) is 0 Å². The molecule has 3 aromatic rings. The number of ether oxygens (including phenoxy) is 3. The average molecular weight is 522 g/mol. The fourth-order valence-corrected chi connectivity index (χ4v) is 3.25. The van der Waals surface area contributed by atoms with Gasteiger partial charge in [-0.1, -0.05) is 34.8 Å². The molecule has 1 unspecified atom stereocenters. The Morgan fingerprint density at radius 3 is 2.26 bits per heavy atom. The summed E-state index contributed by atoms with van der Waals surface area (Å²) in [6.45, 7) is 1.56. The first-order chi connectivity index (χ1) is 16.3. The molecular weight excluding hydrogens is 503 g/mol. The predicted molar refractivity (Wildman–Crippen MR) is 132 cm³/mol. The summed E-state index contributed by atoms with van der Waals surface area (Å²) in [4.78, 5) is 24.6. The third-order valence-corrected chi connectivity index (χ3v) is 5.21. The van der Waals surface area contributed by atoms with Gasteiger partial charge in [-0.3, -0.25) is 4.79 Å².